The number of nitrogens with zero attached hydrogens (tertiary/aromatic N) is 3. The summed E-state index contributed by atoms with van der Waals surface area (Å²) in [5.74, 6) is 0. The van der Waals surface area contributed by atoms with Crippen molar-refractivity contribution in [1.82, 2.24) is 9.97 Å². The zero-order valence-corrected chi connectivity index (χ0v) is 11.7. The second-order valence-corrected chi connectivity index (χ2v) is 4.76. The summed E-state index contributed by atoms with van der Waals surface area (Å²) in [6.07, 6.45) is 0. The van der Waals surface area contributed by atoms with E-state index in [0.29, 0.717) is 11.4 Å². The third kappa shape index (κ3) is 2.62. The quantitative estimate of drug-likeness (QED) is 0.706. The van der Waals surface area contributed by atoms with E-state index in [1.165, 1.54) is 0 Å². The molecule has 1 aromatic heterocycles. The lowest BCUT2D eigenvalue weighted by Gasteiger charge is -2.09. The number of nitriles is 1. The van der Waals surface area contributed by atoms with E-state index >= 15 is 0 Å². The Morgan fingerprint density at radius 3 is 1.71 bits per heavy atom. The van der Waals surface area contributed by atoms with Crippen molar-refractivity contribution in [3.05, 3.63) is 71.5 Å². The number of aromatic nitrogens is 2. The molecule has 0 atom stereocenters. The SMILES string of the molecule is N#Cc1nc(-c2ccccc2)c(-c2ccccc2)nc1Cl. The van der Waals surface area contributed by atoms with E-state index < -0.39 is 0 Å². The molecule has 0 bridgehead atoms. The molecule has 0 radical (unpaired) electrons. The Morgan fingerprint density at radius 1 is 0.762 bits per heavy atom. The summed E-state index contributed by atoms with van der Waals surface area (Å²) in [5, 5.41) is 9.24. The molecule has 21 heavy (non-hydrogen) atoms. The summed E-state index contributed by atoms with van der Waals surface area (Å²) in [5.41, 5.74) is 3.27. The van der Waals surface area contributed by atoms with Crippen LogP contribution in [0.25, 0.3) is 22.5 Å². The zero-order valence-electron chi connectivity index (χ0n) is 11.0. The minimum absolute atomic E-state index is 0.121. The molecule has 0 saturated carbocycles. The first kappa shape index (κ1) is 13.3. The van der Waals surface area contributed by atoms with Gasteiger partial charge in [0.25, 0.3) is 0 Å². The summed E-state index contributed by atoms with van der Waals surface area (Å²) in [6, 6.07) is 21.3. The highest BCUT2D eigenvalue weighted by Gasteiger charge is 2.15. The first-order valence-corrected chi connectivity index (χ1v) is 6.76. The molecular weight excluding hydrogens is 282 g/mol. The molecule has 1 heterocycles. The number of halogens is 1. The van der Waals surface area contributed by atoms with Gasteiger partial charge in [-0.05, 0) is 0 Å². The molecule has 0 N–H and O–H groups in total. The maximum absolute atomic E-state index is 9.11. The molecular formula is C17H10ClN3. The van der Waals surface area contributed by atoms with Gasteiger partial charge in [-0.15, -0.1) is 0 Å². The van der Waals surface area contributed by atoms with Crippen molar-refractivity contribution in [2.75, 3.05) is 0 Å². The second-order valence-electron chi connectivity index (χ2n) is 4.40. The highest BCUT2D eigenvalue weighted by Crippen LogP contribution is 2.30. The molecule has 3 nitrogen and oxygen atoms in total. The summed E-state index contributed by atoms with van der Waals surface area (Å²) < 4.78 is 0. The van der Waals surface area contributed by atoms with E-state index in [1.807, 2.05) is 66.7 Å². The molecule has 2 aromatic carbocycles. The summed E-state index contributed by atoms with van der Waals surface area (Å²) in [6.45, 7) is 0. The molecule has 0 saturated heterocycles. The largest absolute Gasteiger partial charge is 0.232 e. The van der Waals surface area contributed by atoms with Gasteiger partial charge in [0.2, 0.25) is 0 Å². The predicted octanol–water partition coefficient (Wildman–Crippen LogP) is 4.34. The van der Waals surface area contributed by atoms with Crippen molar-refractivity contribution in [2.24, 2.45) is 0 Å². The lowest BCUT2D eigenvalue weighted by molar-refractivity contribution is 1.17. The molecule has 0 amide bonds. The van der Waals surface area contributed by atoms with E-state index in [1.54, 1.807) is 0 Å². The van der Waals surface area contributed by atoms with Crippen molar-refractivity contribution in [3.63, 3.8) is 0 Å². The van der Waals surface area contributed by atoms with Crippen molar-refractivity contribution in [3.8, 4) is 28.6 Å². The Hall–Kier alpha value is -2.70. The topological polar surface area (TPSA) is 49.6 Å². The Bertz CT molecular complexity index is 809. The van der Waals surface area contributed by atoms with E-state index in [4.69, 9.17) is 16.9 Å². The average Bonchev–Trinajstić information content (AvgIpc) is 2.56. The van der Waals surface area contributed by atoms with E-state index in [-0.39, 0.29) is 10.8 Å². The van der Waals surface area contributed by atoms with E-state index in [9.17, 15) is 0 Å². The lowest BCUT2D eigenvalue weighted by Crippen LogP contribution is -1.98. The van der Waals surface area contributed by atoms with Crippen LogP contribution in [0, 0.1) is 11.3 Å². The third-order valence-electron chi connectivity index (χ3n) is 3.05. The maximum atomic E-state index is 9.11. The standard InChI is InChI=1S/C17H10ClN3/c18-17-14(11-19)20-15(12-7-3-1-4-8-12)16(21-17)13-9-5-2-6-10-13/h1-10H. The smallest absolute Gasteiger partial charge is 0.178 e. The van der Waals surface area contributed by atoms with Crippen molar-refractivity contribution in [1.29, 1.82) is 5.26 Å². The van der Waals surface area contributed by atoms with Gasteiger partial charge in [0.15, 0.2) is 10.8 Å². The average molecular weight is 292 g/mol. The first-order chi connectivity index (χ1) is 10.3. The van der Waals surface area contributed by atoms with Crippen LogP contribution in [0.1, 0.15) is 5.69 Å². The molecule has 3 rings (SSSR count). The summed E-state index contributed by atoms with van der Waals surface area (Å²) in [7, 11) is 0. The van der Waals surface area contributed by atoms with Crippen LogP contribution >= 0.6 is 11.6 Å². The molecule has 0 aliphatic rings. The molecule has 4 heteroatoms. The van der Waals surface area contributed by atoms with Gasteiger partial charge in [0, 0.05) is 11.1 Å². The Kier molecular flexibility index (Phi) is 3.63. The van der Waals surface area contributed by atoms with Crippen LogP contribution in [-0.2, 0) is 0 Å². The van der Waals surface area contributed by atoms with Crippen LogP contribution in [0.15, 0.2) is 60.7 Å². The fourth-order valence-electron chi connectivity index (χ4n) is 2.08. The van der Waals surface area contributed by atoms with Crippen molar-refractivity contribution < 1.29 is 0 Å². The van der Waals surface area contributed by atoms with Gasteiger partial charge in [0.1, 0.15) is 6.07 Å². The minimum Gasteiger partial charge on any atom is -0.232 e. The van der Waals surface area contributed by atoms with Crippen LogP contribution in [0.3, 0.4) is 0 Å². The van der Waals surface area contributed by atoms with Crippen LogP contribution in [0.2, 0.25) is 5.15 Å². The van der Waals surface area contributed by atoms with E-state index in [0.717, 1.165) is 11.1 Å². The summed E-state index contributed by atoms with van der Waals surface area (Å²) in [4.78, 5) is 8.75. The molecule has 0 aliphatic heterocycles. The van der Waals surface area contributed by atoms with Crippen LogP contribution in [-0.4, -0.2) is 9.97 Å². The van der Waals surface area contributed by atoms with Crippen molar-refractivity contribution in [2.45, 2.75) is 0 Å². The Labute approximate surface area is 127 Å². The highest BCUT2D eigenvalue weighted by atomic mass is 35.5. The predicted molar refractivity (Wildman–Crippen MR) is 82.6 cm³/mol. The Morgan fingerprint density at radius 2 is 1.24 bits per heavy atom. The number of benzene rings is 2. The number of rotatable bonds is 2. The van der Waals surface area contributed by atoms with Crippen LogP contribution < -0.4 is 0 Å². The molecule has 0 unspecified atom stereocenters. The van der Waals surface area contributed by atoms with Gasteiger partial charge in [-0.25, -0.2) is 9.97 Å². The van der Waals surface area contributed by atoms with Gasteiger partial charge in [-0.1, -0.05) is 72.3 Å². The monoisotopic (exact) mass is 291 g/mol. The number of hydrogen-bond donors (Lipinski definition) is 0. The molecule has 0 spiro atoms. The van der Waals surface area contributed by atoms with Gasteiger partial charge in [0.05, 0.1) is 11.4 Å². The number of hydrogen-bond acceptors (Lipinski definition) is 3. The molecule has 0 aliphatic carbocycles. The van der Waals surface area contributed by atoms with Gasteiger partial charge < -0.3 is 0 Å². The first-order valence-electron chi connectivity index (χ1n) is 6.38. The van der Waals surface area contributed by atoms with Crippen LogP contribution in [0.4, 0.5) is 0 Å². The van der Waals surface area contributed by atoms with Crippen molar-refractivity contribution >= 4 is 11.6 Å². The fraction of sp³-hybridized carbons (Fsp3) is 0. The molecule has 0 fully saturated rings. The van der Waals surface area contributed by atoms with Gasteiger partial charge in [-0.2, -0.15) is 5.26 Å². The van der Waals surface area contributed by atoms with Gasteiger partial charge in [-0.3, -0.25) is 0 Å². The van der Waals surface area contributed by atoms with Gasteiger partial charge >= 0.3 is 0 Å². The molecule has 3 aromatic rings. The highest BCUT2D eigenvalue weighted by molar-refractivity contribution is 6.30. The Balaban J connectivity index is 2.29. The second kappa shape index (κ2) is 5.74. The zero-order chi connectivity index (χ0) is 14.7. The minimum atomic E-state index is 0.121. The van der Waals surface area contributed by atoms with Crippen LogP contribution in [0.5, 0.6) is 0 Å². The third-order valence-corrected chi connectivity index (χ3v) is 3.32. The lowest BCUT2D eigenvalue weighted by atomic mass is 10.0. The maximum Gasteiger partial charge on any atom is 0.178 e. The molecule has 100 valence electrons. The summed E-state index contributed by atoms with van der Waals surface area (Å²) >= 11 is 6.04. The van der Waals surface area contributed by atoms with E-state index in [2.05, 4.69) is 9.97 Å². The normalized spacial score (nSPS) is 10.1. The fourth-order valence-corrected chi connectivity index (χ4v) is 2.25.